The van der Waals surface area contributed by atoms with E-state index in [1.165, 1.54) is 0 Å². The van der Waals surface area contributed by atoms with Crippen LogP contribution in [0.2, 0.25) is 5.02 Å². The Morgan fingerprint density at radius 1 is 1.23 bits per heavy atom. The first kappa shape index (κ1) is 15.1. The predicted octanol–water partition coefficient (Wildman–Crippen LogP) is 4.49. The first-order valence-corrected chi connectivity index (χ1v) is 7.25. The zero-order valence-electron chi connectivity index (χ0n) is 11.5. The molecule has 0 N–H and O–H groups in total. The molecule has 3 nitrogen and oxygen atoms in total. The lowest BCUT2D eigenvalue weighted by atomic mass is 10.1. The van der Waals surface area contributed by atoms with Crippen LogP contribution in [0.15, 0.2) is 36.7 Å². The average Bonchev–Trinajstić information content (AvgIpc) is 2.97. The van der Waals surface area contributed by atoms with E-state index in [0.717, 1.165) is 30.8 Å². The Morgan fingerprint density at radius 3 is 2.73 bits per heavy atom. The molecule has 0 radical (unpaired) electrons. The highest BCUT2D eigenvalue weighted by atomic mass is 35.5. The lowest BCUT2D eigenvalue weighted by molar-refractivity contribution is -0.137. The van der Waals surface area contributed by atoms with Crippen molar-refractivity contribution in [1.82, 2.24) is 9.97 Å². The van der Waals surface area contributed by atoms with Gasteiger partial charge < -0.3 is 4.90 Å². The highest BCUT2D eigenvalue weighted by molar-refractivity contribution is 6.31. The van der Waals surface area contributed by atoms with E-state index in [1.807, 2.05) is 23.1 Å². The maximum absolute atomic E-state index is 13.0. The number of nitrogens with zero attached hydrogens (tertiary/aromatic N) is 3. The molecular weight excluding hydrogens is 315 g/mol. The molecule has 3 rings (SSSR count). The normalized spacial score (nSPS) is 18.7. The van der Waals surface area contributed by atoms with Crippen LogP contribution in [-0.4, -0.2) is 16.5 Å². The Bertz CT molecular complexity index is 661. The van der Waals surface area contributed by atoms with Crippen molar-refractivity contribution in [1.29, 1.82) is 0 Å². The van der Waals surface area contributed by atoms with Gasteiger partial charge in [0.15, 0.2) is 0 Å². The van der Waals surface area contributed by atoms with Gasteiger partial charge in [-0.3, -0.25) is 4.98 Å². The van der Waals surface area contributed by atoms with Crippen LogP contribution < -0.4 is 4.90 Å². The van der Waals surface area contributed by atoms with Gasteiger partial charge in [0.2, 0.25) is 0 Å². The van der Waals surface area contributed by atoms with Crippen molar-refractivity contribution in [2.75, 3.05) is 11.4 Å². The van der Waals surface area contributed by atoms with Crippen LogP contribution in [0.1, 0.15) is 30.1 Å². The van der Waals surface area contributed by atoms with Crippen LogP contribution in [0.25, 0.3) is 0 Å². The van der Waals surface area contributed by atoms with E-state index >= 15 is 0 Å². The SMILES string of the molecule is FC(F)(F)c1cc(N2CCCC2c2ccccn2)ncc1Cl. The van der Waals surface area contributed by atoms with Gasteiger partial charge in [0.05, 0.1) is 22.3 Å². The van der Waals surface area contributed by atoms with Crippen molar-refractivity contribution in [2.45, 2.75) is 25.1 Å². The summed E-state index contributed by atoms with van der Waals surface area (Å²) in [5.74, 6) is 0.282. The molecule has 22 heavy (non-hydrogen) atoms. The van der Waals surface area contributed by atoms with Gasteiger partial charge in [0.25, 0.3) is 0 Å². The van der Waals surface area contributed by atoms with Crippen LogP contribution in [0.5, 0.6) is 0 Å². The van der Waals surface area contributed by atoms with Gasteiger partial charge in [-0.25, -0.2) is 4.98 Å². The molecule has 0 aromatic carbocycles. The van der Waals surface area contributed by atoms with E-state index in [2.05, 4.69) is 9.97 Å². The fraction of sp³-hybridized carbons (Fsp3) is 0.333. The Kier molecular flexibility index (Phi) is 3.95. The highest BCUT2D eigenvalue weighted by Crippen LogP contribution is 2.39. The number of hydrogen-bond acceptors (Lipinski definition) is 3. The minimum atomic E-state index is -4.49. The third-order valence-corrected chi connectivity index (χ3v) is 4.02. The second-order valence-corrected chi connectivity index (χ2v) is 5.53. The smallest absolute Gasteiger partial charge is 0.348 e. The van der Waals surface area contributed by atoms with Crippen LogP contribution >= 0.6 is 11.6 Å². The summed E-state index contributed by atoms with van der Waals surface area (Å²) in [4.78, 5) is 10.2. The maximum Gasteiger partial charge on any atom is 0.418 e. The molecule has 0 amide bonds. The molecule has 0 bridgehead atoms. The first-order chi connectivity index (χ1) is 10.5. The summed E-state index contributed by atoms with van der Waals surface area (Å²) in [5, 5.41) is -0.384. The van der Waals surface area contributed by atoms with Gasteiger partial charge >= 0.3 is 6.18 Å². The summed E-state index contributed by atoms with van der Waals surface area (Å²) >= 11 is 5.63. The molecule has 0 aliphatic carbocycles. The molecule has 116 valence electrons. The van der Waals surface area contributed by atoms with Gasteiger partial charge in [0.1, 0.15) is 5.82 Å². The molecule has 0 spiro atoms. The van der Waals surface area contributed by atoms with Crippen LogP contribution in [0.4, 0.5) is 19.0 Å². The van der Waals surface area contributed by atoms with E-state index in [9.17, 15) is 13.2 Å². The highest BCUT2D eigenvalue weighted by Gasteiger charge is 2.35. The minimum absolute atomic E-state index is 0.0593. The Morgan fingerprint density at radius 2 is 2.05 bits per heavy atom. The van der Waals surface area contributed by atoms with Crippen molar-refractivity contribution < 1.29 is 13.2 Å². The standard InChI is InChI=1S/C15H13ClF3N3/c16-11-9-21-14(8-10(11)15(17,18)19)22-7-3-5-13(22)12-4-1-2-6-20-12/h1-2,4,6,8-9,13H,3,5,7H2. The zero-order chi connectivity index (χ0) is 15.7. The molecule has 3 heterocycles. The number of halogens is 4. The van der Waals surface area contributed by atoms with Crippen molar-refractivity contribution in [3.8, 4) is 0 Å². The summed E-state index contributed by atoms with van der Waals surface area (Å²) in [7, 11) is 0. The van der Waals surface area contributed by atoms with E-state index in [4.69, 9.17) is 11.6 Å². The van der Waals surface area contributed by atoms with Crippen molar-refractivity contribution in [2.24, 2.45) is 0 Å². The number of hydrogen-bond donors (Lipinski definition) is 0. The molecule has 1 saturated heterocycles. The monoisotopic (exact) mass is 327 g/mol. The fourth-order valence-corrected chi connectivity index (χ4v) is 2.93. The lowest BCUT2D eigenvalue weighted by Gasteiger charge is -2.26. The number of pyridine rings is 2. The van der Waals surface area contributed by atoms with Crippen molar-refractivity contribution in [3.63, 3.8) is 0 Å². The molecule has 7 heteroatoms. The number of rotatable bonds is 2. The largest absolute Gasteiger partial charge is 0.418 e. The lowest BCUT2D eigenvalue weighted by Crippen LogP contribution is -2.24. The molecule has 2 aromatic heterocycles. The first-order valence-electron chi connectivity index (χ1n) is 6.87. The maximum atomic E-state index is 13.0. The molecule has 2 aromatic rings. The second-order valence-electron chi connectivity index (χ2n) is 5.13. The van der Waals surface area contributed by atoms with Crippen molar-refractivity contribution in [3.05, 3.63) is 52.9 Å². The fourth-order valence-electron chi connectivity index (χ4n) is 2.72. The quantitative estimate of drug-likeness (QED) is 0.813. The van der Waals surface area contributed by atoms with E-state index in [-0.39, 0.29) is 16.9 Å². The third kappa shape index (κ3) is 2.88. The van der Waals surface area contributed by atoms with Gasteiger partial charge in [-0.05, 0) is 31.0 Å². The summed E-state index contributed by atoms with van der Waals surface area (Å²) in [6.45, 7) is 0.646. The van der Waals surface area contributed by atoms with Gasteiger partial charge in [-0.15, -0.1) is 0 Å². The second kappa shape index (κ2) is 5.76. The molecule has 1 aliphatic heterocycles. The van der Waals surface area contributed by atoms with E-state index in [0.29, 0.717) is 6.54 Å². The topological polar surface area (TPSA) is 29.0 Å². The van der Waals surface area contributed by atoms with Gasteiger partial charge in [0, 0.05) is 18.9 Å². The van der Waals surface area contributed by atoms with Crippen LogP contribution in [0.3, 0.4) is 0 Å². The Hall–Kier alpha value is -1.82. The zero-order valence-corrected chi connectivity index (χ0v) is 12.3. The van der Waals surface area contributed by atoms with Crippen LogP contribution in [-0.2, 0) is 6.18 Å². The number of anilines is 1. The van der Waals surface area contributed by atoms with Gasteiger partial charge in [-0.1, -0.05) is 17.7 Å². The van der Waals surface area contributed by atoms with E-state index < -0.39 is 11.7 Å². The average molecular weight is 328 g/mol. The molecule has 1 fully saturated rings. The molecule has 1 aliphatic rings. The number of aromatic nitrogens is 2. The summed E-state index contributed by atoms with van der Waals surface area (Å²) in [5.41, 5.74) is -0.0175. The van der Waals surface area contributed by atoms with Gasteiger partial charge in [-0.2, -0.15) is 13.2 Å². The summed E-state index contributed by atoms with van der Waals surface area (Å²) < 4.78 is 39.0. The van der Waals surface area contributed by atoms with E-state index in [1.54, 1.807) is 6.20 Å². The molecule has 1 unspecified atom stereocenters. The third-order valence-electron chi connectivity index (χ3n) is 3.72. The minimum Gasteiger partial charge on any atom is -0.348 e. The summed E-state index contributed by atoms with van der Waals surface area (Å²) in [6, 6.07) is 6.52. The van der Waals surface area contributed by atoms with Crippen molar-refractivity contribution >= 4 is 17.4 Å². The molecule has 1 atom stereocenters. The number of alkyl halides is 3. The van der Waals surface area contributed by atoms with Crippen LogP contribution in [0, 0.1) is 0 Å². The Balaban J connectivity index is 1.97. The molecular formula is C15H13ClF3N3. The molecule has 0 saturated carbocycles. The Labute approximate surface area is 130 Å². The predicted molar refractivity (Wildman–Crippen MR) is 77.8 cm³/mol. The summed E-state index contributed by atoms with van der Waals surface area (Å²) in [6.07, 6.45) is -0.0274.